The molecule has 0 fully saturated rings. The Bertz CT molecular complexity index is 702. The van der Waals surface area contributed by atoms with Gasteiger partial charge in [0.15, 0.2) is 11.0 Å². The number of nitrogens with zero attached hydrogens (tertiary/aromatic N) is 4. The van der Waals surface area contributed by atoms with Crippen molar-refractivity contribution >= 4 is 17.7 Å². The summed E-state index contributed by atoms with van der Waals surface area (Å²) >= 11 is 1.46. The first kappa shape index (κ1) is 21.4. The average molecular weight is 390 g/mol. The van der Waals surface area contributed by atoms with Crippen LogP contribution in [0.1, 0.15) is 50.5 Å². The number of aromatic nitrogens is 3. The zero-order chi connectivity index (χ0) is 19.6. The van der Waals surface area contributed by atoms with Gasteiger partial charge < -0.3 is 9.88 Å². The van der Waals surface area contributed by atoms with E-state index in [4.69, 9.17) is 0 Å². The van der Waals surface area contributed by atoms with E-state index in [0.717, 1.165) is 42.4 Å². The molecular weight excluding hydrogens is 358 g/mol. The molecule has 27 heavy (non-hydrogen) atoms. The number of rotatable bonds is 11. The van der Waals surface area contributed by atoms with E-state index in [9.17, 15) is 4.79 Å². The summed E-state index contributed by atoms with van der Waals surface area (Å²) in [6, 6.07) is 10.2. The lowest BCUT2D eigenvalue weighted by molar-refractivity contribution is -0.118. The number of hydrogen-bond donors (Lipinski definition) is 1. The van der Waals surface area contributed by atoms with Gasteiger partial charge >= 0.3 is 0 Å². The minimum Gasteiger partial charge on any atom is -0.351 e. The summed E-state index contributed by atoms with van der Waals surface area (Å²) in [6.07, 6.45) is 3.15. The second-order valence-electron chi connectivity index (χ2n) is 6.78. The van der Waals surface area contributed by atoms with Crippen LogP contribution in [0, 0.1) is 0 Å². The minimum atomic E-state index is 0.00935. The molecule has 0 aliphatic rings. The van der Waals surface area contributed by atoms with Gasteiger partial charge in [-0.05, 0) is 32.5 Å². The Hall–Kier alpha value is -1.86. The lowest BCUT2D eigenvalue weighted by atomic mass is 10.2. The normalized spacial score (nSPS) is 12.3. The van der Waals surface area contributed by atoms with Gasteiger partial charge in [0.25, 0.3) is 0 Å². The average Bonchev–Trinajstić information content (AvgIpc) is 3.06. The van der Waals surface area contributed by atoms with Gasteiger partial charge in [-0.1, -0.05) is 62.4 Å². The van der Waals surface area contributed by atoms with Gasteiger partial charge in [-0.15, -0.1) is 10.2 Å². The molecule has 2 aromatic rings. The van der Waals surface area contributed by atoms with Crippen molar-refractivity contribution in [2.75, 3.05) is 19.8 Å². The summed E-state index contributed by atoms with van der Waals surface area (Å²) in [6.45, 7) is 5.77. The Morgan fingerprint density at radius 3 is 2.59 bits per heavy atom. The zero-order valence-electron chi connectivity index (χ0n) is 16.8. The molecule has 148 valence electrons. The first-order chi connectivity index (χ1) is 13.1. The molecule has 0 saturated carbocycles. The summed E-state index contributed by atoms with van der Waals surface area (Å²) in [7, 11) is 4.13. The van der Waals surface area contributed by atoms with Gasteiger partial charge in [0, 0.05) is 13.1 Å². The van der Waals surface area contributed by atoms with Gasteiger partial charge in [-0.25, -0.2) is 0 Å². The van der Waals surface area contributed by atoms with Gasteiger partial charge in [-0.2, -0.15) is 0 Å². The Balaban J connectivity index is 2.00. The Morgan fingerprint density at radius 2 is 1.96 bits per heavy atom. The van der Waals surface area contributed by atoms with Crippen molar-refractivity contribution in [1.29, 1.82) is 0 Å². The van der Waals surface area contributed by atoms with Crippen LogP contribution in [-0.4, -0.2) is 45.4 Å². The molecule has 7 heteroatoms. The zero-order valence-corrected chi connectivity index (χ0v) is 17.6. The third-order valence-electron chi connectivity index (χ3n) is 4.45. The van der Waals surface area contributed by atoms with Crippen LogP contribution in [0.25, 0.3) is 0 Å². The summed E-state index contributed by atoms with van der Waals surface area (Å²) in [5.41, 5.74) is 1.10. The lowest BCUT2D eigenvalue weighted by Crippen LogP contribution is -2.25. The van der Waals surface area contributed by atoms with Gasteiger partial charge in [0.1, 0.15) is 0 Å². The molecule has 1 atom stereocenters. The SMILES string of the molecule is CCCCn1c(SCC(=O)NCc2ccccc2)nnc1[C@H](CC)N(C)C. The maximum atomic E-state index is 12.2. The number of carbonyl (C=O) groups is 1. The van der Waals surface area contributed by atoms with E-state index in [1.165, 1.54) is 11.8 Å². The molecule has 1 aromatic heterocycles. The first-order valence-electron chi connectivity index (χ1n) is 9.59. The van der Waals surface area contributed by atoms with Crippen LogP contribution >= 0.6 is 11.8 Å². The van der Waals surface area contributed by atoms with E-state index in [2.05, 4.69) is 52.9 Å². The van der Waals surface area contributed by atoms with Crippen molar-refractivity contribution in [2.24, 2.45) is 0 Å². The van der Waals surface area contributed by atoms with Crippen molar-refractivity contribution in [2.45, 2.75) is 57.4 Å². The highest BCUT2D eigenvalue weighted by Crippen LogP contribution is 2.25. The number of thioether (sulfide) groups is 1. The molecule has 1 heterocycles. The maximum absolute atomic E-state index is 12.2. The molecular formula is C20H31N5OS. The molecule has 6 nitrogen and oxygen atoms in total. The topological polar surface area (TPSA) is 63.1 Å². The van der Waals surface area contributed by atoms with E-state index < -0.39 is 0 Å². The number of benzene rings is 1. The number of nitrogens with one attached hydrogen (secondary N) is 1. The Morgan fingerprint density at radius 1 is 1.22 bits per heavy atom. The third-order valence-corrected chi connectivity index (χ3v) is 5.42. The number of hydrogen-bond acceptors (Lipinski definition) is 5. The molecule has 0 radical (unpaired) electrons. The third kappa shape index (κ3) is 6.36. The molecule has 0 aliphatic carbocycles. The summed E-state index contributed by atoms with van der Waals surface area (Å²) in [5, 5.41) is 12.6. The molecule has 1 N–H and O–H groups in total. The van der Waals surface area contributed by atoms with E-state index in [-0.39, 0.29) is 11.9 Å². The molecule has 1 amide bonds. The van der Waals surface area contributed by atoms with Gasteiger partial charge in [-0.3, -0.25) is 9.69 Å². The van der Waals surface area contributed by atoms with E-state index in [0.29, 0.717) is 12.3 Å². The second kappa shape index (κ2) is 11.1. The van der Waals surface area contributed by atoms with Gasteiger partial charge in [0.05, 0.1) is 11.8 Å². The Labute approximate surface area is 166 Å². The molecule has 0 spiro atoms. The predicted octanol–water partition coefficient (Wildman–Crippen LogP) is 3.50. The first-order valence-corrected chi connectivity index (χ1v) is 10.6. The quantitative estimate of drug-likeness (QED) is 0.596. The van der Waals surface area contributed by atoms with Crippen LogP contribution < -0.4 is 5.32 Å². The van der Waals surface area contributed by atoms with Crippen molar-refractivity contribution < 1.29 is 4.79 Å². The van der Waals surface area contributed by atoms with Crippen molar-refractivity contribution in [3.63, 3.8) is 0 Å². The van der Waals surface area contributed by atoms with Crippen LogP contribution in [0.4, 0.5) is 0 Å². The van der Waals surface area contributed by atoms with Crippen molar-refractivity contribution in [3.05, 3.63) is 41.7 Å². The molecule has 0 saturated heterocycles. The maximum Gasteiger partial charge on any atom is 0.230 e. The van der Waals surface area contributed by atoms with Crippen molar-refractivity contribution in [1.82, 2.24) is 25.0 Å². The van der Waals surface area contributed by atoms with E-state index >= 15 is 0 Å². The fraction of sp³-hybridized carbons (Fsp3) is 0.550. The molecule has 0 aliphatic heterocycles. The van der Waals surface area contributed by atoms with E-state index in [1.54, 1.807) is 0 Å². The van der Waals surface area contributed by atoms with Crippen LogP contribution in [0.5, 0.6) is 0 Å². The summed E-state index contributed by atoms with van der Waals surface area (Å²) < 4.78 is 2.19. The van der Waals surface area contributed by atoms with E-state index in [1.807, 2.05) is 30.3 Å². The fourth-order valence-electron chi connectivity index (χ4n) is 2.94. The largest absolute Gasteiger partial charge is 0.351 e. The summed E-state index contributed by atoms with van der Waals surface area (Å²) in [4.78, 5) is 14.4. The molecule has 0 bridgehead atoms. The van der Waals surface area contributed by atoms with Crippen LogP contribution in [0.3, 0.4) is 0 Å². The fourth-order valence-corrected chi connectivity index (χ4v) is 3.74. The molecule has 0 unspecified atom stereocenters. The smallest absolute Gasteiger partial charge is 0.230 e. The number of amides is 1. The second-order valence-corrected chi connectivity index (χ2v) is 7.73. The van der Waals surface area contributed by atoms with Crippen LogP contribution in [0.2, 0.25) is 0 Å². The molecule has 2 rings (SSSR count). The highest BCUT2D eigenvalue weighted by Gasteiger charge is 2.22. The minimum absolute atomic E-state index is 0.00935. The standard InChI is InChI=1S/C20H31N5OS/c1-5-7-13-25-19(17(6-2)24(3)4)22-23-20(25)27-15-18(26)21-14-16-11-9-8-10-12-16/h8-12,17H,5-7,13-15H2,1-4H3,(H,21,26)/t17-/m0/s1. The predicted molar refractivity (Wildman–Crippen MR) is 111 cm³/mol. The number of carbonyl (C=O) groups excluding carboxylic acids is 1. The Kier molecular flexibility index (Phi) is 8.81. The van der Waals surface area contributed by atoms with Crippen molar-refractivity contribution in [3.8, 4) is 0 Å². The number of unbranched alkanes of at least 4 members (excludes halogenated alkanes) is 1. The highest BCUT2D eigenvalue weighted by atomic mass is 32.2. The summed E-state index contributed by atoms with van der Waals surface area (Å²) in [5.74, 6) is 1.34. The molecule has 1 aromatic carbocycles. The lowest BCUT2D eigenvalue weighted by Gasteiger charge is -2.23. The highest BCUT2D eigenvalue weighted by molar-refractivity contribution is 7.99. The monoisotopic (exact) mass is 389 g/mol. The van der Waals surface area contributed by atoms with Gasteiger partial charge in [0.2, 0.25) is 5.91 Å². The van der Waals surface area contributed by atoms with Crippen LogP contribution in [-0.2, 0) is 17.9 Å². The van der Waals surface area contributed by atoms with Crippen LogP contribution in [0.15, 0.2) is 35.5 Å².